The Morgan fingerprint density at radius 2 is 0.812 bits per heavy atom. The second kappa shape index (κ2) is 14.5. The van der Waals surface area contributed by atoms with Crippen molar-refractivity contribution in [3.8, 4) is 33.9 Å². The van der Waals surface area contributed by atoms with Crippen LogP contribution in [0.4, 0.5) is 0 Å². The standard InChI is InChI=1S/C65H46N4/c1-3-17-56-46(4-2)47-22-11-14-25-57(47)66(56)44-30-34-60-52(38-44)54-36-40-28-33-51-63-41(29-32-50(62(40)63)64(54)68(60)42-18-7-5-8-19-42)37-55-53-39-45(31-35-61(53)69(65(51)55)43-20-9-6-10-21-43)67-58-26-15-12-23-48(58)49-24-13-16-27-59(49)67/h3-27,30-31,34-39H,2,28-29,32-33H2,1H3/b17-3-. The lowest BCUT2D eigenvalue weighted by atomic mass is 9.74. The van der Waals surface area contributed by atoms with Gasteiger partial charge in [-0.15, -0.1) is 0 Å². The molecule has 0 atom stereocenters. The molecule has 4 heteroatoms. The molecule has 0 amide bonds. The molecular weight excluding hydrogens is 837 g/mol. The molecule has 4 heterocycles. The van der Waals surface area contributed by atoms with Crippen LogP contribution in [0.15, 0.2) is 195 Å². The maximum absolute atomic E-state index is 4.27. The van der Waals surface area contributed by atoms with E-state index in [0.29, 0.717) is 0 Å². The van der Waals surface area contributed by atoms with Crippen molar-refractivity contribution in [2.45, 2.75) is 32.6 Å². The first-order valence-electron chi connectivity index (χ1n) is 24.4. The van der Waals surface area contributed by atoms with Crippen molar-refractivity contribution in [1.29, 1.82) is 0 Å². The first-order chi connectivity index (χ1) is 34.2. The van der Waals surface area contributed by atoms with Crippen LogP contribution in [0.5, 0.6) is 0 Å². The number of allylic oxidation sites excluding steroid dienone is 1. The topological polar surface area (TPSA) is 19.7 Å². The Morgan fingerprint density at radius 1 is 0.377 bits per heavy atom. The van der Waals surface area contributed by atoms with Crippen LogP contribution >= 0.6 is 0 Å². The quantitative estimate of drug-likeness (QED) is 0.159. The van der Waals surface area contributed by atoms with E-state index in [0.717, 1.165) is 42.6 Å². The Bertz CT molecular complexity index is 4320. The Kier molecular flexibility index (Phi) is 8.06. The SMILES string of the molecule is C=Cc1c(/C=C\C)n(-c2ccc3c(c2)c2cc4c5c(c2n3-c2ccccc2)CCc2cc3c6cc(-n7c8ccccc8c8ccccc87)ccc6n(-c6ccccc6)c3c(c2-5)CC4)c2ccccc12. The highest BCUT2D eigenvalue weighted by Crippen LogP contribution is 2.52. The molecule has 0 bridgehead atoms. The fraction of sp³-hybridized carbons (Fsp3) is 0.0769. The van der Waals surface area contributed by atoms with Gasteiger partial charge >= 0.3 is 0 Å². The van der Waals surface area contributed by atoms with Gasteiger partial charge in [0, 0.05) is 66.0 Å². The molecule has 0 radical (unpaired) electrons. The predicted molar refractivity (Wildman–Crippen MR) is 291 cm³/mol. The van der Waals surface area contributed by atoms with Crippen LogP contribution in [-0.2, 0) is 25.7 Å². The fourth-order valence-electron chi connectivity index (χ4n) is 12.9. The zero-order valence-corrected chi connectivity index (χ0v) is 38.4. The molecule has 0 aliphatic heterocycles. The van der Waals surface area contributed by atoms with Gasteiger partial charge in [0.2, 0.25) is 0 Å². The highest BCUT2D eigenvalue weighted by atomic mass is 15.0. The van der Waals surface area contributed by atoms with Gasteiger partial charge < -0.3 is 18.3 Å². The third kappa shape index (κ3) is 5.23. The average Bonchev–Trinajstić information content (AvgIpc) is 4.12. The van der Waals surface area contributed by atoms with Gasteiger partial charge in [0.25, 0.3) is 0 Å². The van der Waals surface area contributed by atoms with Crippen molar-refractivity contribution in [3.63, 3.8) is 0 Å². The first-order valence-corrected chi connectivity index (χ1v) is 24.4. The van der Waals surface area contributed by atoms with Gasteiger partial charge in [-0.1, -0.05) is 110 Å². The van der Waals surface area contributed by atoms with E-state index in [1.165, 1.54) is 127 Å². The van der Waals surface area contributed by atoms with Crippen molar-refractivity contribution in [3.05, 3.63) is 228 Å². The van der Waals surface area contributed by atoms with Crippen LogP contribution in [0, 0.1) is 0 Å². The second-order valence-corrected chi connectivity index (χ2v) is 19.0. The third-order valence-corrected chi connectivity index (χ3v) is 15.6. The lowest BCUT2D eigenvalue weighted by Gasteiger charge is -2.31. The zero-order valence-electron chi connectivity index (χ0n) is 38.4. The molecule has 4 aromatic heterocycles. The summed E-state index contributed by atoms with van der Waals surface area (Å²) in [5.74, 6) is 0. The molecule has 4 nitrogen and oxygen atoms in total. The minimum absolute atomic E-state index is 0.980. The summed E-state index contributed by atoms with van der Waals surface area (Å²) in [5, 5.41) is 9.04. The van der Waals surface area contributed by atoms with Crippen LogP contribution in [0.25, 0.3) is 122 Å². The van der Waals surface area contributed by atoms with Crippen molar-refractivity contribution in [1.82, 2.24) is 18.3 Å². The molecular formula is C65H46N4. The van der Waals surface area contributed by atoms with E-state index in [9.17, 15) is 0 Å². The minimum atomic E-state index is 0.980. The Balaban J connectivity index is 1.01. The predicted octanol–water partition coefficient (Wildman–Crippen LogP) is 16.5. The van der Waals surface area contributed by atoms with Gasteiger partial charge in [-0.2, -0.15) is 0 Å². The van der Waals surface area contributed by atoms with Crippen molar-refractivity contribution >= 4 is 88.5 Å². The molecule has 326 valence electrons. The first kappa shape index (κ1) is 38.5. The molecule has 0 saturated carbocycles. The van der Waals surface area contributed by atoms with Crippen molar-refractivity contribution in [2.24, 2.45) is 0 Å². The van der Waals surface area contributed by atoms with E-state index in [-0.39, 0.29) is 0 Å². The molecule has 69 heavy (non-hydrogen) atoms. The molecule has 0 N–H and O–H groups in total. The number of para-hydroxylation sites is 5. The zero-order chi connectivity index (χ0) is 45.5. The largest absolute Gasteiger partial charge is 0.309 e. The summed E-state index contributed by atoms with van der Waals surface area (Å²) in [5.41, 5.74) is 24.7. The van der Waals surface area contributed by atoms with E-state index in [2.05, 4.69) is 226 Å². The number of aryl methyl sites for hydroxylation is 4. The van der Waals surface area contributed by atoms with Crippen LogP contribution in [0.1, 0.15) is 40.4 Å². The van der Waals surface area contributed by atoms with Crippen molar-refractivity contribution in [2.75, 3.05) is 0 Å². The van der Waals surface area contributed by atoms with Gasteiger partial charge in [-0.25, -0.2) is 0 Å². The molecule has 2 aliphatic carbocycles. The van der Waals surface area contributed by atoms with E-state index in [1.54, 1.807) is 0 Å². The fourth-order valence-corrected chi connectivity index (χ4v) is 12.9. The summed E-state index contributed by atoms with van der Waals surface area (Å²) in [6.07, 6.45) is 10.3. The highest BCUT2D eigenvalue weighted by Gasteiger charge is 2.33. The van der Waals surface area contributed by atoms with Gasteiger partial charge in [-0.3, -0.25) is 0 Å². The molecule has 15 rings (SSSR count). The Hall–Kier alpha value is -8.60. The lowest BCUT2D eigenvalue weighted by molar-refractivity contribution is 0.883. The Labute approximate surface area is 399 Å². The van der Waals surface area contributed by atoms with Gasteiger partial charge in [-0.05, 0) is 163 Å². The van der Waals surface area contributed by atoms with E-state index < -0.39 is 0 Å². The maximum Gasteiger partial charge on any atom is 0.0579 e. The van der Waals surface area contributed by atoms with E-state index in [1.807, 2.05) is 6.08 Å². The number of hydrogen-bond donors (Lipinski definition) is 0. The van der Waals surface area contributed by atoms with Gasteiger partial charge in [0.05, 0.1) is 44.3 Å². The monoisotopic (exact) mass is 882 g/mol. The number of fused-ring (bicyclic) bond motifs is 12. The molecule has 0 unspecified atom stereocenters. The number of aromatic nitrogens is 4. The van der Waals surface area contributed by atoms with Crippen molar-refractivity contribution < 1.29 is 0 Å². The summed E-state index contributed by atoms with van der Waals surface area (Å²) in [4.78, 5) is 0. The van der Waals surface area contributed by atoms with Gasteiger partial charge in [0.1, 0.15) is 0 Å². The summed E-state index contributed by atoms with van der Waals surface area (Å²) in [6.45, 7) is 6.36. The van der Waals surface area contributed by atoms with E-state index >= 15 is 0 Å². The molecule has 0 saturated heterocycles. The smallest absolute Gasteiger partial charge is 0.0579 e. The molecule has 9 aromatic carbocycles. The Morgan fingerprint density at radius 3 is 1.30 bits per heavy atom. The van der Waals surface area contributed by atoms with Crippen LogP contribution in [-0.4, -0.2) is 18.3 Å². The average molecular weight is 883 g/mol. The molecule has 0 fully saturated rings. The highest BCUT2D eigenvalue weighted by molar-refractivity contribution is 6.17. The summed E-state index contributed by atoms with van der Waals surface area (Å²) < 4.78 is 10.0. The minimum Gasteiger partial charge on any atom is -0.309 e. The van der Waals surface area contributed by atoms with Crippen LogP contribution < -0.4 is 0 Å². The summed E-state index contributed by atoms with van der Waals surface area (Å²) in [7, 11) is 0. The summed E-state index contributed by atoms with van der Waals surface area (Å²) >= 11 is 0. The maximum atomic E-state index is 4.27. The van der Waals surface area contributed by atoms with Gasteiger partial charge in [0.15, 0.2) is 0 Å². The second-order valence-electron chi connectivity index (χ2n) is 19.0. The number of rotatable bonds is 6. The molecule has 13 aromatic rings. The number of benzene rings is 9. The lowest BCUT2D eigenvalue weighted by Crippen LogP contribution is -2.16. The van der Waals surface area contributed by atoms with E-state index in [4.69, 9.17) is 0 Å². The molecule has 2 aliphatic rings. The summed E-state index contributed by atoms with van der Waals surface area (Å²) in [6, 6.07) is 67.9. The third-order valence-electron chi connectivity index (χ3n) is 15.6. The normalized spacial score (nSPS) is 13.3. The number of hydrogen-bond acceptors (Lipinski definition) is 0. The molecule has 0 spiro atoms. The van der Waals surface area contributed by atoms with Crippen LogP contribution in [0.3, 0.4) is 0 Å². The number of nitrogens with zero attached hydrogens (tertiary/aromatic N) is 4. The van der Waals surface area contributed by atoms with Crippen LogP contribution in [0.2, 0.25) is 0 Å².